The van der Waals surface area contributed by atoms with Gasteiger partial charge in [0, 0.05) is 6.07 Å². The number of hydrogen-bond acceptors (Lipinski definition) is 7. The van der Waals surface area contributed by atoms with Crippen LogP contribution in [0.25, 0.3) is 21.9 Å². The van der Waals surface area contributed by atoms with Crippen molar-refractivity contribution in [1.29, 1.82) is 0 Å². The molecule has 29 heavy (non-hydrogen) atoms. The van der Waals surface area contributed by atoms with Gasteiger partial charge in [-0.05, 0) is 44.4 Å². The molecular weight excluding hydrogens is 376 g/mol. The van der Waals surface area contributed by atoms with Gasteiger partial charge in [-0.2, -0.15) is 0 Å². The van der Waals surface area contributed by atoms with Gasteiger partial charge in [-0.25, -0.2) is 0 Å². The molecule has 2 aliphatic heterocycles. The van der Waals surface area contributed by atoms with Crippen LogP contribution in [0.1, 0.15) is 37.3 Å². The summed E-state index contributed by atoms with van der Waals surface area (Å²) in [6.45, 7) is 3.40. The Morgan fingerprint density at radius 2 is 1.97 bits per heavy atom. The van der Waals surface area contributed by atoms with Crippen LogP contribution in [-0.2, 0) is 11.2 Å². The number of hydrogen-bond donors (Lipinski definition) is 3. The van der Waals surface area contributed by atoms with E-state index in [1.807, 2.05) is 0 Å². The summed E-state index contributed by atoms with van der Waals surface area (Å²) in [6.07, 6.45) is 3.58. The highest BCUT2D eigenvalue weighted by molar-refractivity contribution is 5.98. The van der Waals surface area contributed by atoms with Gasteiger partial charge >= 0.3 is 0 Å². The SMILES string of the molecule is CC(C)(O)CCc1ccc(O)c2c(=O)c3c(O)c4c(cc3oc12)O[C@H]1OC=C[C@H]41. The maximum Gasteiger partial charge on any atom is 0.250 e. The summed E-state index contributed by atoms with van der Waals surface area (Å²) in [5.74, 6) is -0.357. The van der Waals surface area contributed by atoms with Crippen molar-refractivity contribution in [1.82, 2.24) is 0 Å². The van der Waals surface area contributed by atoms with Crippen LogP contribution in [0.5, 0.6) is 17.2 Å². The van der Waals surface area contributed by atoms with E-state index in [2.05, 4.69) is 0 Å². The van der Waals surface area contributed by atoms with E-state index >= 15 is 0 Å². The number of rotatable bonds is 3. The van der Waals surface area contributed by atoms with Crippen LogP contribution in [0, 0.1) is 0 Å². The van der Waals surface area contributed by atoms with Crippen LogP contribution >= 0.6 is 0 Å². The Labute approximate surface area is 165 Å². The molecule has 0 amide bonds. The highest BCUT2D eigenvalue weighted by Crippen LogP contribution is 2.49. The number of aromatic hydroxyl groups is 2. The van der Waals surface area contributed by atoms with Crippen molar-refractivity contribution >= 4 is 21.9 Å². The van der Waals surface area contributed by atoms with Gasteiger partial charge in [0.15, 0.2) is 0 Å². The molecule has 150 valence electrons. The molecule has 2 aromatic carbocycles. The molecule has 0 spiro atoms. The highest BCUT2D eigenvalue weighted by atomic mass is 16.7. The Bertz CT molecular complexity index is 1250. The first-order valence-electron chi connectivity index (χ1n) is 9.43. The smallest absolute Gasteiger partial charge is 0.250 e. The number of aliphatic hydroxyl groups is 1. The molecule has 0 saturated carbocycles. The molecule has 0 saturated heterocycles. The van der Waals surface area contributed by atoms with Gasteiger partial charge in [-0.3, -0.25) is 4.79 Å². The number of phenols is 2. The number of phenolic OH excluding ortho intramolecular Hbond substituents is 2. The van der Waals surface area contributed by atoms with E-state index < -0.39 is 17.3 Å². The lowest BCUT2D eigenvalue weighted by molar-refractivity contribution is -0.00482. The minimum absolute atomic E-state index is 0.00395. The van der Waals surface area contributed by atoms with Crippen molar-refractivity contribution in [2.75, 3.05) is 0 Å². The molecule has 5 rings (SSSR count). The van der Waals surface area contributed by atoms with E-state index in [4.69, 9.17) is 13.9 Å². The fourth-order valence-corrected chi connectivity index (χ4v) is 4.02. The van der Waals surface area contributed by atoms with Gasteiger partial charge in [-0.15, -0.1) is 0 Å². The quantitative estimate of drug-likeness (QED) is 0.582. The largest absolute Gasteiger partial charge is 0.507 e. The van der Waals surface area contributed by atoms with E-state index in [0.29, 0.717) is 29.7 Å². The van der Waals surface area contributed by atoms with E-state index in [1.54, 1.807) is 32.1 Å². The van der Waals surface area contributed by atoms with Gasteiger partial charge < -0.3 is 29.2 Å². The van der Waals surface area contributed by atoms with Crippen LogP contribution in [0.3, 0.4) is 0 Å². The third-order valence-electron chi connectivity index (χ3n) is 5.52. The zero-order chi connectivity index (χ0) is 20.5. The van der Waals surface area contributed by atoms with Crippen molar-refractivity contribution in [3.63, 3.8) is 0 Å². The Morgan fingerprint density at radius 1 is 1.17 bits per heavy atom. The normalized spacial score (nSPS) is 20.0. The first-order valence-corrected chi connectivity index (χ1v) is 9.43. The van der Waals surface area contributed by atoms with Crippen molar-refractivity contribution in [3.05, 3.63) is 51.9 Å². The number of aryl methyl sites for hydroxylation is 1. The standard InChI is InChI=1S/C22H20O7/c1-22(2,26)7-5-10-3-4-12(23)16-19(25)17-14(28-20(10)16)9-13-15(18(17)24)11-6-8-27-21(11)29-13/h3-4,6,8-9,11,21,23-24,26H,5,7H2,1-2H3/t11-,21-/m1/s1. The average Bonchev–Trinajstić information content (AvgIpc) is 3.20. The second-order valence-electron chi connectivity index (χ2n) is 8.18. The maximum atomic E-state index is 13.3. The van der Waals surface area contributed by atoms with Gasteiger partial charge in [0.25, 0.3) is 6.29 Å². The lowest BCUT2D eigenvalue weighted by Crippen LogP contribution is -2.19. The molecule has 2 aliphatic rings. The molecule has 7 heteroatoms. The summed E-state index contributed by atoms with van der Waals surface area (Å²) in [4.78, 5) is 13.3. The predicted molar refractivity (Wildman–Crippen MR) is 105 cm³/mol. The third-order valence-corrected chi connectivity index (χ3v) is 5.52. The monoisotopic (exact) mass is 396 g/mol. The van der Waals surface area contributed by atoms with E-state index in [-0.39, 0.29) is 39.4 Å². The minimum Gasteiger partial charge on any atom is -0.507 e. The Balaban J connectivity index is 1.78. The van der Waals surface area contributed by atoms with Crippen molar-refractivity contribution < 1.29 is 29.2 Å². The molecule has 0 aliphatic carbocycles. The number of fused-ring (bicyclic) bond motifs is 5. The Kier molecular flexibility index (Phi) is 3.64. The van der Waals surface area contributed by atoms with Gasteiger partial charge in [-0.1, -0.05) is 6.07 Å². The van der Waals surface area contributed by atoms with Crippen LogP contribution < -0.4 is 10.2 Å². The number of ether oxygens (including phenoxy) is 2. The maximum absolute atomic E-state index is 13.3. The van der Waals surface area contributed by atoms with E-state index in [0.717, 1.165) is 0 Å². The molecule has 7 nitrogen and oxygen atoms in total. The first kappa shape index (κ1) is 17.9. The highest BCUT2D eigenvalue weighted by Gasteiger charge is 2.40. The molecule has 3 N–H and O–H groups in total. The molecule has 3 heterocycles. The molecule has 3 aromatic rings. The number of benzene rings is 2. The summed E-state index contributed by atoms with van der Waals surface area (Å²) < 4.78 is 17.1. The summed E-state index contributed by atoms with van der Waals surface area (Å²) in [6, 6.07) is 4.68. The topological polar surface area (TPSA) is 109 Å². The van der Waals surface area contributed by atoms with Crippen LogP contribution in [0.2, 0.25) is 0 Å². The average molecular weight is 396 g/mol. The molecule has 1 aromatic heterocycles. The second-order valence-corrected chi connectivity index (χ2v) is 8.18. The first-order chi connectivity index (χ1) is 13.7. The van der Waals surface area contributed by atoms with Crippen LogP contribution in [0.4, 0.5) is 0 Å². The second kappa shape index (κ2) is 5.90. The zero-order valence-corrected chi connectivity index (χ0v) is 15.9. The van der Waals surface area contributed by atoms with Gasteiger partial charge in [0.05, 0.1) is 23.3 Å². The Morgan fingerprint density at radius 3 is 2.72 bits per heavy atom. The van der Waals surface area contributed by atoms with Gasteiger partial charge in [0.1, 0.15) is 39.2 Å². The molecule has 0 fully saturated rings. The van der Waals surface area contributed by atoms with Crippen molar-refractivity contribution in [2.45, 2.75) is 44.5 Å². The van der Waals surface area contributed by atoms with Gasteiger partial charge in [0.2, 0.25) is 5.43 Å². The van der Waals surface area contributed by atoms with Crippen molar-refractivity contribution in [2.24, 2.45) is 0 Å². The lowest BCUT2D eigenvalue weighted by atomic mass is 9.95. The Hall–Kier alpha value is -3.19. The third kappa shape index (κ3) is 2.65. The fraction of sp³-hybridized carbons (Fsp3) is 0.318. The molecule has 0 radical (unpaired) electrons. The van der Waals surface area contributed by atoms with E-state index in [1.165, 1.54) is 12.3 Å². The zero-order valence-electron chi connectivity index (χ0n) is 15.9. The van der Waals surface area contributed by atoms with E-state index in [9.17, 15) is 20.1 Å². The molecule has 0 unspecified atom stereocenters. The summed E-state index contributed by atoms with van der Waals surface area (Å²) in [7, 11) is 0. The predicted octanol–water partition coefficient (Wildman–Crippen LogP) is 3.41. The fourth-order valence-electron chi connectivity index (χ4n) is 4.02. The lowest BCUT2D eigenvalue weighted by Gasteiger charge is -2.17. The minimum atomic E-state index is -0.889. The molecule has 0 bridgehead atoms. The van der Waals surface area contributed by atoms with Crippen LogP contribution in [0.15, 0.2) is 39.7 Å². The summed E-state index contributed by atoms with van der Waals surface area (Å²) in [5, 5.41) is 31.3. The van der Waals surface area contributed by atoms with Crippen molar-refractivity contribution in [3.8, 4) is 17.2 Å². The molecule has 2 atom stereocenters. The van der Waals surface area contributed by atoms with Crippen LogP contribution in [-0.4, -0.2) is 27.2 Å². The summed E-state index contributed by atoms with van der Waals surface area (Å²) in [5.41, 5.74) is 0.150. The molecular formula is C22H20O7. The summed E-state index contributed by atoms with van der Waals surface area (Å²) >= 11 is 0.